The molecular weight excluding hydrogens is 358 g/mol. The summed E-state index contributed by atoms with van der Waals surface area (Å²) in [7, 11) is 0. The topological polar surface area (TPSA) is 64.7 Å². The van der Waals surface area contributed by atoms with Crippen LogP contribution in [0, 0.1) is 0 Å². The van der Waals surface area contributed by atoms with Gasteiger partial charge in [0.2, 0.25) is 0 Å². The molecule has 23 heavy (non-hydrogen) atoms. The van der Waals surface area contributed by atoms with Crippen LogP contribution in [0.15, 0.2) is 53.5 Å². The Morgan fingerprint density at radius 3 is 2.74 bits per heavy atom. The average molecular weight is 374 g/mol. The summed E-state index contributed by atoms with van der Waals surface area (Å²) in [5.41, 5.74) is 2.36. The molecule has 0 aliphatic heterocycles. The highest BCUT2D eigenvalue weighted by Gasteiger charge is 2.09. The van der Waals surface area contributed by atoms with Gasteiger partial charge in [0.1, 0.15) is 0 Å². The number of amides is 1. The van der Waals surface area contributed by atoms with Crippen LogP contribution in [0.5, 0.6) is 0 Å². The van der Waals surface area contributed by atoms with E-state index in [9.17, 15) is 4.79 Å². The molecule has 3 aromatic rings. The lowest BCUT2D eigenvalue weighted by Crippen LogP contribution is -2.11. The third-order valence-corrected chi connectivity index (χ3v) is 3.76. The van der Waals surface area contributed by atoms with Crippen molar-refractivity contribution in [3.8, 4) is 0 Å². The Bertz CT molecular complexity index is 823. The summed E-state index contributed by atoms with van der Waals surface area (Å²) < 4.78 is 4.49. The van der Waals surface area contributed by atoms with E-state index < -0.39 is 0 Å². The maximum atomic E-state index is 12.2. The van der Waals surface area contributed by atoms with E-state index in [-0.39, 0.29) is 5.91 Å². The van der Waals surface area contributed by atoms with Crippen LogP contribution in [0.2, 0.25) is 0 Å². The quantitative estimate of drug-likeness (QED) is 0.746. The largest absolute Gasteiger partial charge is 0.322 e. The van der Waals surface area contributed by atoms with Crippen molar-refractivity contribution in [3.63, 3.8) is 0 Å². The van der Waals surface area contributed by atoms with Crippen LogP contribution >= 0.6 is 15.9 Å². The minimum atomic E-state index is -0.163. The molecule has 0 spiro atoms. The van der Waals surface area contributed by atoms with Gasteiger partial charge in [-0.25, -0.2) is 0 Å². The molecule has 0 radical (unpaired) electrons. The molecule has 0 atom stereocenters. The monoisotopic (exact) mass is 373 g/mol. The van der Waals surface area contributed by atoms with E-state index in [1.165, 1.54) is 0 Å². The molecule has 0 saturated carbocycles. The molecule has 2 heterocycles. The maximum Gasteiger partial charge on any atom is 0.258 e. The highest BCUT2D eigenvalue weighted by atomic mass is 79.9. The van der Waals surface area contributed by atoms with Crippen LogP contribution in [0.1, 0.15) is 22.8 Å². The number of nitrogens with zero attached hydrogens (tertiary/aromatic N) is 4. The van der Waals surface area contributed by atoms with Crippen LogP contribution in [0.25, 0.3) is 0 Å². The Kier molecular flexibility index (Phi) is 4.57. The van der Waals surface area contributed by atoms with Crippen LogP contribution in [-0.4, -0.2) is 25.5 Å². The Morgan fingerprint density at radius 1 is 1.22 bits per heavy atom. The molecule has 2 aromatic heterocycles. The molecule has 1 aromatic carbocycles. The van der Waals surface area contributed by atoms with E-state index in [1.807, 2.05) is 42.1 Å². The Hall–Kier alpha value is -2.41. The number of aryl methyl sites for hydroxylation is 1. The fraction of sp³-hybridized carbons (Fsp3) is 0.188. The second-order valence-corrected chi connectivity index (χ2v) is 6.01. The molecule has 6 nitrogen and oxygen atoms in total. The number of hydrogen-bond donors (Lipinski definition) is 1. The first-order chi connectivity index (χ1) is 11.1. The lowest BCUT2D eigenvalue weighted by Gasteiger charge is -2.07. The second kappa shape index (κ2) is 6.78. The molecule has 0 bridgehead atoms. The highest BCUT2D eigenvalue weighted by molar-refractivity contribution is 9.10. The predicted octanol–water partition coefficient (Wildman–Crippen LogP) is 3.16. The van der Waals surface area contributed by atoms with E-state index >= 15 is 0 Å². The molecule has 1 N–H and O–H groups in total. The van der Waals surface area contributed by atoms with Gasteiger partial charge in [0, 0.05) is 24.6 Å². The Labute approximate surface area is 142 Å². The van der Waals surface area contributed by atoms with Crippen molar-refractivity contribution in [1.82, 2.24) is 19.6 Å². The van der Waals surface area contributed by atoms with Gasteiger partial charge in [-0.2, -0.15) is 10.2 Å². The van der Waals surface area contributed by atoms with Crippen molar-refractivity contribution in [2.24, 2.45) is 0 Å². The fourth-order valence-corrected chi connectivity index (χ4v) is 2.54. The number of anilines is 1. The summed E-state index contributed by atoms with van der Waals surface area (Å²) >= 11 is 3.38. The van der Waals surface area contributed by atoms with Crippen LogP contribution < -0.4 is 5.32 Å². The molecule has 0 unspecified atom stereocenters. The Balaban J connectivity index is 1.70. The number of nitrogens with one attached hydrogen (secondary N) is 1. The zero-order valence-electron chi connectivity index (χ0n) is 12.6. The number of carbonyl (C=O) groups excluding carboxylic acids is 1. The van der Waals surface area contributed by atoms with E-state index in [0.717, 1.165) is 22.3 Å². The van der Waals surface area contributed by atoms with Crippen LogP contribution in [-0.2, 0) is 13.1 Å². The molecule has 0 fully saturated rings. The van der Waals surface area contributed by atoms with Gasteiger partial charge in [0.25, 0.3) is 5.91 Å². The molecule has 1 amide bonds. The van der Waals surface area contributed by atoms with Gasteiger partial charge in [-0.1, -0.05) is 12.1 Å². The summed E-state index contributed by atoms with van der Waals surface area (Å²) in [4.78, 5) is 12.2. The van der Waals surface area contributed by atoms with Crippen LogP contribution in [0.4, 0.5) is 5.69 Å². The molecule has 0 saturated heterocycles. The third kappa shape index (κ3) is 3.87. The van der Waals surface area contributed by atoms with E-state index in [1.54, 1.807) is 23.3 Å². The van der Waals surface area contributed by atoms with E-state index in [4.69, 9.17) is 0 Å². The highest BCUT2D eigenvalue weighted by Crippen LogP contribution is 2.14. The van der Waals surface area contributed by atoms with Crippen molar-refractivity contribution in [3.05, 3.63) is 64.7 Å². The number of rotatable bonds is 5. The molecular formula is C16H16BrN5O. The van der Waals surface area contributed by atoms with E-state index in [2.05, 4.69) is 31.4 Å². The van der Waals surface area contributed by atoms with Gasteiger partial charge in [-0.15, -0.1) is 0 Å². The molecule has 7 heteroatoms. The molecule has 0 aliphatic rings. The number of benzene rings is 1. The zero-order chi connectivity index (χ0) is 16.2. The summed E-state index contributed by atoms with van der Waals surface area (Å²) in [6, 6.07) is 7.72. The molecule has 0 aliphatic carbocycles. The number of carbonyl (C=O) groups is 1. The first-order valence-corrected chi connectivity index (χ1v) is 8.04. The average Bonchev–Trinajstić information content (AvgIpc) is 3.16. The second-order valence-electron chi connectivity index (χ2n) is 5.10. The molecule has 3 rings (SSSR count). The van der Waals surface area contributed by atoms with Gasteiger partial charge in [0.05, 0.1) is 29.0 Å². The molecule has 118 valence electrons. The van der Waals surface area contributed by atoms with Gasteiger partial charge in [0.15, 0.2) is 0 Å². The van der Waals surface area contributed by atoms with Gasteiger partial charge >= 0.3 is 0 Å². The number of halogens is 1. The summed E-state index contributed by atoms with van der Waals surface area (Å²) in [6.07, 6.45) is 6.96. The summed E-state index contributed by atoms with van der Waals surface area (Å²) in [6.45, 7) is 3.36. The fourth-order valence-electron chi connectivity index (χ4n) is 2.22. The lowest BCUT2D eigenvalue weighted by atomic mass is 10.2. The Morgan fingerprint density at radius 2 is 2.04 bits per heavy atom. The smallest absolute Gasteiger partial charge is 0.258 e. The first-order valence-electron chi connectivity index (χ1n) is 7.25. The van der Waals surface area contributed by atoms with Gasteiger partial charge in [-0.3, -0.25) is 14.2 Å². The zero-order valence-corrected chi connectivity index (χ0v) is 14.2. The first kappa shape index (κ1) is 15.5. The standard InChI is InChI=1S/C16H16BrN5O/c1-2-21-10-13(7-18-21)16(23)20-15-5-3-4-12(6-15)9-22-11-14(17)8-19-22/h3-8,10-11H,2,9H2,1H3,(H,20,23). The third-order valence-electron chi connectivity index (χ3n) is 3.35. The number of hydrogen-bond acceptors (Lipinski definition) is 3. The van der Waals surface area contributed by atoms with Crippen molar-refractivity contribution < 1.29 is 4.79 Å². The number of aromatic nitrogens is 4. The SMILES string of the molecule is CCn1cc(C(=O)Nc2cccc(Cn3cc(Br)cn3)c2)cn1. The van der Waals surface area contributed by atoms with Crippen molar-refractivity contribution in [2.45, 2.75) is 20.0 Å². The maximum absolute atomic E-state index is 12.2. The van der Waals surface area contributed by atoms with Crippen molar-refractivity contribution in [2.75, 3.05) is 5.32 Å². The predicted molar refractivity (Wildman–Crippen MR) is 91.3 cm³/mol. The van der Waals surface area contributed by atoms with E-state index in [0.29, 0.717) is 12.1 Å². The van der Waals surface area contributed by atoms with Crippen LogP contribution in [0.3, 0.4) is 0 Å². The normalized spacial score (nSPS) is 10.7. The lowest BCUT2D eigenvalue weighted by molar-refractivity contribution is 0.102. The summed E-state index contributed by atoms with van der Waals surface area (Å²) in [5, 5.41) is 11.2. The van der Waals surface area contributed by atoms with Gasteiger partial charge < -0.3 is 5.32 Å². The van der Waals surface area contributed by atoms with Crippen molar-refractivity contribution in [1.29, 1.82) is 0 Å². The van der Waals surface area contributed by atoms with Crippen molar-refractivity contribution >= 4 is 27.5 Å². The summed E-state index contributed by atoms with van der Waals surface area (Å²) in [5.74, 6) is -0.163. The minimum absolute atomic E-state index is 0.163. The minimum Gasteiger partial charge on any atom is -0.322 e. The van der Waals surface area contributed by atoms with Gasteiger partial charge in [-0.05, 0) is 40.5 Å².